The zero-order valence-electron chi connectivity index (χ0n) is 11.6. The quantitative estimate of drug-likeness (QED) is 0.837. The van der Waals surface area contributed by atoms with E-state index in [-0.39, 0.29) is 12.5 Å². The van der Waals surface area contributed by atoms with Crippen molar-refractivity contribution in [1.82, 2.24) is 10.2 Å². The summed E-state index contributed by atoms with van der Waals surface area (Å²) in [6.07, 6.45) is -5.00. The zero-order valence-corrected chi connectivity index (χ0v) is 12.3. The standard InChI is InChI=1S/C14H19ClF3N3/c15-10-1-2-12(19)11(9-10)13(3-4-14(16,17)18)21-7-5-20-6-8-21/h1-2,9,13,20H,3-8,19H2/t13-/m1/s1. The minimum Gasteiger partial charge on any atom is -0.398 e. The molecule has 1 aliphatic heterocycles. The predicted molar refractivity (Wildman–Crippen MR) is 78.3 cm³/mol. The minimum absolute atomic E-state index is 0.00591. The van der Waals surface area contributed by atoms with Crippen LogP contribution >= 0.6 is 11.6 Å². The fourth-order valence-corrected chi connectivity index (χ4v) is 2.84. The van der Waals surface area contributed by atoms with Crippen LogP contribution in [-0.4, -0.2) is 37.3 Å². The van der Waals surface area contributed by atoms with E-state index < -0.39 is 12.6 Å². The first-order valence-corrected chi connectivity index (χ1v) is 7.31. The second-order valence-corrected chi connectivity index (χ2v) is 5.67. The lowest BCUT2D eigenvalue weighted by Gasteiger charge is -2.36. The molecule has 0 amide bonds. The molecule has 0 unspecified atom stereocenters. The molecule has 3 N–H and O–H groups in total. The van der Waals surface area contributed by atoms with Gasteiger partial charge in [-0.05, 0) is 30.2 Å². The van der Waals surface area contributed by atoms with Crippen LogP contribution in [0.25, 0.3) is 0 Å². The Morgan fingerprint density at radius 2 is 1.95 bits per heavy atom. The van der Waals surface area contributed by atoms with E-state index in [9.17, 15) is 13.2 Å². The first kappa shape index (κ1) is 16.4. The van der Waals surface area contributed by atoms with E-state index in [1.165, 1.54) is 0 Å². The summed E-state index contributed by atoms with van der Waals surface area (Å²) in [5.74, 6) is 0. The molecule has 21 heavy (non-hydrogen) atoms. The van der Waals surface area contributed by atoms with Crippen LogP contribution in [-0.2, 0) is 0 Å². The summed E-state index contributed by atoms with van der Waals surface area (Å²) in [6, 6.07) is 4.63. The molecular formula is C14H19ClF3N3. The number of nitrogens with zero attached hydrogens (tertiary/aromatic N) is 1. The van der Waals surface area contributed by atoms with Crippen molar-refractivity contribution in [2.75, 3.05) is 31.9 Å². The smallest absolute Gasteiger partial charge is 0.389 e. The van der Waals surface area contributed by atoms with Gasteiger partial charge in [-0.15, -0.1) is 0 Å². The Hall–Kier alpha value is -0.980. The Labute approximate surface area is 127 Å². The Bertz CT molecular complexity index is 473. The number of rotatable bonds is 4. The molecule has 0 aromatic heterocycles. The molecule has 7 heteroatoms. The molecule has 2 rings (SSSR count). The topological polar surface area (TPSA) is 41.3 Å². The molecule has 0 bridgehead atoms. The van der Waals surface area contributed by atoms with Crippen molar-refractivity contribution in [2.45, 2.75) is 25.1 Å². The highest BCUT2D eigenvalue weighted by atomic mass is 35.5. The van der Waals surface area contributed by atoms with Crippen LogP contribution in [0.15, 0.2) is 18.2 Å². The largest absolute Gasteiger partial charge is 0.398 e. The van der Waals surface area contributed by atoms with Gasteiger partial charge in [0.2, 0.25) is 0 Å². The summed E-state index contributed by atoms with van der Waals surface area (Å²) in [5.41, 5.74) is 7.13. The van der Waals surface area contributed by atoms with Gasteiger partial charge < -0.3 is 11.1 Å². The van der Waals surface area contributed by atoms with Crippen molar-refractivity contribution in [3.63, 3.8) is 0 Å². The molecule has 1 atom stereocenters. The molecule has 1 aliphatic rings. The van der Waals surface area contributed by atoms with Crippen molar-refractivity contribution in [2.24, 2.45) is 0 Å². The highest BCUT2D eigenvalue weighted by Gasteiger charge is 2.32. The number of halogens is 4. The number of hydrogen-bond donors (Lipinski definition) is 2. The molecule has 1 aromatic rings. The number of alkyl halides is 3. The molecule has 1 saturated heterocycles. The van der Waals surface area contributed by atoms with Crippen LogP contribution < -0.4 is 11.1 Å². The van der Waals surface area contributed by atoms with Gasteiger partial charge in [-0.1, -0.05) is 11.6 Å². The number of anilines is 1. The van der Waals surface area contributed by atoms with E-state index in [2.05, 4.69) is 5.32 Å². The maximum atomic E-state index is 12.6. The monoisotopic (exact) mass is 321 g/mol. The molecule has 3 nitrogen and oxygen atoms in total. The Kier molecular flexibility index (Phi) is 5.35. The number of nitrogens with one attached hydrogen (secondary N) is 1. The van der Waals surface area contributed by atoms with Crippen LogP contribution in [0.1, 0.15) is 24.4 Å². The van der Waals surface area contributed by atoms with E-state index in [4.69, 9.17) is 17.3 Å². The van der Waals surface area contributed by atoms with Crippen molar-refractivity contribution < 1.29 is 13.2 Å². The SMILES string of the molecule is Nc1ccc(Cl)cc1[C@@H](CCC(F)(F)F)N1CCNCC1. The molecule has 118 valence electrons. The second-order valence-electron chi connectivity index (χ2n) is 5.23. The maximum absolute atomic E-state index is 12.6. The summed E-state index contributed by atoms with van der Waals surface area (Å²) in [4.78, 5) is 2.05. The Morgan fingerprint density at radius 1 is 1.29 bits per heavy atom. The molecular weight excluding hydrogens is 303 g/mol. The Balaban J connectivity index is 2.23. The fraction of sp³-hybridized carbons (Fsp3) is 0.571. The number of benzene rings is 1. The Morgan fingerprint density at radius 3 is 2.57 bits per heavy atom. The van der Waals surface area contributed by atoms with Crippen LogP contribution in [0.4, 0.5) is 18.9 Å². The summed E-state index contributed by atoms with van der Waals surface area (Å²) >= 11 is 5.98. The lowest BCUT2D eigenvalue weighted by Crippen LogP contribution is -2.45. The first-order valence-electron chi connectivity index (χ1n) is 6.93. The van der Waals surface area contributed by atoms with E-state index >= 15 is 0 Å². The third-order valence-corrected chi connectivity index (χ3v) is 3.94. The van der Waals surface area contributed by atoms with Gasteiger partial charge in [0.25, 0.3) is 0 Å². The highest BCUT2D eigenvalue weighted by Crippen LogP contribution is 2.35. The zero-order chi connectivity index (χ0) is 15.5. The summed E-state index contributed by atoms with van der Waals surface area (Å²) in [6.45, 7) is 2.94. The lowest BCUT2D eigenvalue weighted by atomic mass is 9.97. The number of piperazine rings is 1. The van der Waals surface area contributed by atoms with Crippen LogP contribution in [0, 0.1) is 0 Å². The summed E-state index contributed by atoms with van der Waals surface area (Å²) < 4.78 is 37.8. The summed E-state index contributed by atoms with van der Waals surface area (Å²) in [5, 5.41) is 3.69. The molecule has 1 fully saturated rings. The van der Waals surface area contributed by atoms with Crippen molar-refractivity contribution in [3.05, 3.63) is 28.8 Å². The molecule has 1 aromatic carbocycles. The average molecular weight is 322 g/mol. The van der Waals surface area contributed by atoms with E-state index in [1.807, 2.05) is 4.90 Å². The third-order valence-electron chi connectivity index (χ3n) is 3.70. The molecule has 0 aliphatic carbocycles. The molecule has 0 saturated carbocycles. The summed E-state index contributed by atoms with van der Waals surface area (Å²) in [7, 11) is 0. The van der Waals surface area contributed by atoms with Crippen molar-refractivity contribution >= 4 is 17.3 Å². The average Bonchev–Trinajstić information content (AvgIpc) is 2.43. The number of nitrogens with two attached hydrogens (primary N) is 1. The van der Waals surface area contributed by atoms with Crippen LogP contribution in [0.5, 0.6) is 0 Å². The van der Waals surface area contributed by atoms with Gasteiger partial charge in [-0.3, -0.25) is 4.90 Å². The predicted octanol–water partition coefficient (Wildman–Crippen LogP) is 3.21. The van der Waals surface area contributed by atoms with E-state index in [0.717, 1.165) is 13.1 Å². The highest BCUT2D eigenvalue weighted by molar-refractivity contribution is 6.30. The van der Waals surface area contributed by atoms with Gasteiger partial charge in [0.15, 0.2) is 0 Å². The van der Waals surface area contributed by atoms with Crippen molar-refractivity contribution in [1.29, 1.82) is 0 Å². The van der Waals surface area contributed by atoms with Gasteiger partial charge in [0, 0.05) is 49.4 Å². The maximum Gasteiger partial charge on any atom is 0.389 e. The van der Waals surface area contributed by atoms with Gasteiger partial charge in [0.05, 0.1) is 0 Å². The van der Waals surface area contributed by atoms with Crippen LogP contribution in [0.3, 0.4) is 0 Å². The van der Waals surface area contributed by atoms with E-state index in [1.54, 1.807) is 18.2 Å². The van der Waals surface area contributed by atoms with Crippen molar-refractivity contribution in [3.8, 4) is 0 Å². The van der Waals surface area contributed by atoms with E-state index in [0.29, 0.717) is 29.4 Å². The van der Waals surface area contributed by atoms with Gasteiger partial charge >= 0.3 is 6.18 Å². The molecule has 1 heterocycles. The van der Waals surface area contributed by atoms with Gasteiger partial charge in [-0.25, -0.2) is 0 Å². The van der Waals surface area contributed by atoms with Gasteiger partial charge in [0.1, 0.15) is 0 Å². The first-order chi connectivity index (χ1) is 9.87. The second kappa shape index (κ2) is 6.85. The molecule has 0 radical (unpaired) electrons. The number of nitrogen functional groups attached to an aromatic ring is 1. The van der Waals surface area contributed by atoms with Crippen LogP contribution in [0.2, 0.25) is 5.02 Å². The number of hydrogen-bond acceptors (Lipinski definition) is 3. The molecule has 0 spiro atoms. The third kappa shape index (κ3) is 4.76. The normalized spacial score (nSPS) is 18.7. The fourth-order valence-electron chi connectivity index (χ4n) is 2.66. The lowest BCUT2D eigenvalue weighted by molar-refractivity contribution is -0.138. The van der Waals surface area contributed by atoms with Gasteiger partial charge in [-0.2, -0.15) is 13.2 Å². The minimum atomic E-state index is -4.17.